The van der Waals surface area contributed by atoms with Crippen LogP contribution in [-0.2, 0) is 12.8 Å². The van der Waals surface area contributed by atoms with Gasteiger partial charge in [0.25, 0.3) is 0 Å². The van der Waals surface area contributed by atoms with Crippen molar-refractivity contribution in [1.82, 2.24) is 19.7 Å². The highest BCUT2D eigenvalue weighted by molar-refractivity contribution is 5.05. The standard InChI is InChI=1S/C15H26N4O/c1-11(2)18-8-4-6-12(18)9-15-17-16-14-7-3-5-13(10-20)19(14)15/h11-13,20H,3-10H2,1-2H3. The number of rotatable bonds is 4. The number of aromatic nitrogens is 3. The topological polar surface area (TPSA) is 54.2 Å². The highest BCUT2D eigenvalue weighted by Crippen LogP contribution is 2.28. The highest BCUT2D eigenvalue weighted by Gasteiger charge is 2.30. The second-order valence-electron chi connectivity index (χ2n) is 6.46. The van der Waals surface area contributed by atoms with Crippen LogP contribution in [-0.4, -0.2) is 50.0 Å². The van der Waals surface area contributed by atoms with Gasteiger partial charge in [-0.15, -0.1) is 10.2 Å². The first kappa shape index (κ1) is 14.0. The van der Waals surface area contributed by atoms with E-state index in [4.69, 9.17) is 0 Å². The molecule has 3 rings (SSSR count). The Morgan fingerprint density at radius 3 is 2.75 bits per heavy atom. The van der Waals surface area contributed by atoms with Crippen molar-refractivity contribution >= 4 is 0 Å². The molecular formula is C15H26N4O. The van der Waals surface area contributed by atoms with Gasteiger partial charge in [0.1, 0.15) is 11.6 Å². The summed E-state index contributed by atoms with van der Waals surface area (Å²) in [6.07, 6.45) is 6.68. The summed E-state index contributed by atoms with van der Waals surface area (Å²) >= 11 is 0. The normalized spacial score (nSPS) is 27.2. The van der Waals surface area contributed by atoms with Crippen LogP contribution >= 0.6 is 0 Å². The largest absolute Gasteiger partial charge is 0.394 e. The maximum Gasteiger partial charge on any atom is 0.134 e. The summed E-state index contributed by atoms with van der Waals surface area (Å²) in [6.45, 7) is 5.95. The average molecular weight is 278 g/mol. The van der Waals surface area contributed by atoms with Gasteiger partial charge in [-0.3, -0.25) is 4.90 Å². The van der Waals surface area contributed by atoms with Gasteiger partial charge in [0.2, 0.25) is 0 Å². The average Bonchev–Trinajstić information content (AvgIpc) is 3.06. The van der Waals surface area contributed by atoms with Crippen LogP contribution < -0.4 is 0 Å². The number of aliphatic hydroxyl groups excluding tert-OH is 1. The molecule has 5 heteroatoms. The molecule has 0 aromatic carbocycles. The van der Waals surface area contributed by atoms with Crippen molar-refractivity contribution in [3.63, 3.8) is 0 Å². The van der Waals surface area contributed by atoms with E-state index in [2.05, 4.69) is 33.5 Å². The molecule has 1 saturated heterocycles. The summed E-state index contributed by atoms with van der Waals surface area (Å²) in [4.78, 5) is 2.58. The third kappa shape index (κ3) is 2.49. The van der Waals surface area contributed by atoms with Crippen molar-refractivity contribution < 1.29 is 5.11 Å². The zero-order chi connectivity index (χ0) is 14.1. The van der Waals surface area contributed by atoms with Crippen molar-refractivity contribution in [3.8, 4) is 0 Å². The van der Waals surface area contributed by atoms with Crippen LogP contribution in [0, 0.1) is 0 Å². The number of likely N-dealkylation sites (tertiary alicyclic amines) is 1. The van der Waals surface area contributed by atoms with E-state index in [0.717, 1.165) is 37.3 Å². The molecule has 1 N–H and O–H groups in total. The van der Waals surface area contributed by atoms with Crippen LogP contribution in [0.5, 0.6) is 0 Å². The van der Waals surface area contributed by atoms with Crippen LogP contribution in [0.1, 0.15) is 57.2 Å². The summed E-state index contributed by atoms with van der Waals surface area (Å²) in [5.41, 5.74) is 0. The Balaban J connectivity index is 1.80. The fourth-order valence-corrected chi connectivity index (χ4v) is 3.86. The molecule has 0 spiro atoms. The molecule has 0 saturated carbocycles. The van der Waals surface area contributed by atoms with Gasteiger partial charge < -0.3 is 9.67 Å². The maximum atomic E-state index is 9.59. The molecule has 1 aromatic rings. The Hall–Kier alpha value is -0.940. The third-order valence-corrected chi connectivity index (χ3v) is 4.85. The third-order valence-electron chi connectivity index (χ3n) is 4.85. The Morgan fingerprint density at radius 2 is 2.00 bits per heavy atom. The summed E-state index contributed by atoms with van der Waals surface area (Å²) < 4.78 is 2.22. The molecule has 3 heterocycles. The summed E-state index contributed by atoms with van der Waals surface area (Å²) in [6, 6.07) is 1.38. The SMILES string of the molecule is CC(C)N1CCCC1Cc1nnc2n1C(CO)CCC2. The van der Waals surface area contributed by atoms with Crippen LogP contribution in [0.3, 0.4) is 0 Å². The smallest absolute Gasteiger partial charge is 0.134 e. The summed E-state index contributed by atoms with van der Waals surface area (Å²) in [7, 11) is 0. The molecule has 112 valence electrons. The van der Waals surface area contributed by atoms with Gasteiger partial charge in [0.05, 0.1) is 12.6 Å². The zero-order valence-electron chi connectivity index (χ0n) is 12.6. The van der Waals surface area contributed by atoms with Crippen molar-refractivity contribution in [2.75, 3.05) is 13.2 Å². The molecule has 2 atom stereocenters. The monoisotopic (exact) mass is 278 g/mol. The highest BCUT2D eigenvalue weighted by atomic mass is 16.3. The van der Waals surface area contributed by atoms with E-state index < -0.39 is 0 Å². The molecule has 5 nitrogen and oxygen atoms in total. The Kier molecular flexibility index (Phi) is 4.08. The summed E-state index contributed by atoms with van der Waals surface area (Å²) in [5.74, 6) is 2.15. The van der Waals surface area contributed by atoms with Gasteiger partial charge in [-0.1, -0.05) is 0 Å². The van der Waals surface area contributed by atoms with Crippen molar-refractivity contribution in [2.24, 2.45) is 0 Å². The van der Waals surface area contributed by atoms with Gasteiger partial charge in [-0.2, -0.15) is 0 Å². The number of aliphatic hydroxyl groups is 1. The predicted octanol–water partition coefficient (Wildman–Crippen LogP) is 1.56. The second-order valence-corrected chi connectivity index (χ2v) is 6.46. The lowest BCUT2D eigenvalue weighted by Crippen LogP contribution is -2.37. The van der Waals surface area contributed by atoms with Crippen molar-refractivity contribution in [2.45, 2.75) is 70.5 Å². The van der Waals surface area contributed by atoms with Crippen LogP contribution in [0.15, 0.2) is 0 Å². The van der Waals surface area contributed by atoms with Gasteiger partial charge in [0.15, 0.2) is 0 Å². The molecule has 1 aromatic heterocycles. The van der Waals surface area contributed by atoms with E-state index in [9.17, 15) is 5.11 Å². The molecule has 0 bridgehead atoms. The van der Waals surface area contributed by atoms with E-state index in [1.165, 1.54) is 19.4 Å². The molecule has 0 radical (unpaired) electrons. The van der Waals surface area contributed by atoms with E-state index in [1.54, 1.807) is 0 Å². The van der Waals surface area contributed by atoms with E-state index in [0.29, 0.717) is 12.1 Å². The summed E-state index contributed by atoms with van der Waals surface area (Å²) in [5, 5.41) is 18.4. The molecule has 2 aliphatic heterocycles. The first-order chi connectivity index (χ1) is 9.70. The lowest BCUT2D eigenvalue weighted by Gasteiger charge is -2.29. The van der Waals surface area contributed by atoms with Gasteiger partial charge in [-0.05, 0) is 46.1 Å². The lowest BCUT2D eigenvalue weighted by atomic mass is 10.0. The van der Waals surface area contributed by atoms with Crippen molar-refractivity contribution in [1.29, 1.82) is 0 Å². The number of aryl methyl sites for hydroxylation is 1. The fraction of sp³-hybridized carbons (Fsp3) is 0.867. The zero-order valence-corrected chi connectivity index (χ0v) is 12.6. The maximum absolute atomic E-state index is 9.59. The lowest BCUT2D eigenvalue weighted by molar-refractivity contribution is 0.187. The fourth-order valence-electron chi connectivity index (χ4n) is 3.86. The second kappa shape index (κ2) is 5.82. The Labute approximate surface area is 121 Å². The van der Waals surface area contributed by atoms with E-state index >= 15 is 0 Å². The number of nitrogens with zero attached hydrogens (tertiary/aromatic N) is 4. The molecule has 0 amide bonds. The number of fused-ring (bicyclic) bond motifs is 1. The molecule has 2 unspecified atom stereocenters. The van der Waals surface area contributed by atoms with Crippen molar-refractivity contribution in [3.05, 3.63) is 11.6 Å². The first-order valence-electron chi connectivity index (χ1n) is 8.00. The molecular weight excluding hydrogens is 252 g/mol. The first-order valence-corrected chi connectivity index (χ1v) is 8.00. The number of hydrogen-bond donors (Lipinski definition) is 1. The minimum Gasteiger partial charge on any atom is -0.394 e. The van der Waals surface area contributed by atoms with Gasteiger partial charge in [-0.25, -0.2) is 0 Å². The van der Waals surface area contributed by atoms with E-state index in [1.807, 2.05) is 0 Å². The quantitative estimate of drug-likeness (QED) is 0.908. The Bertz CT molecular complexity index is 457. The molecule has 0 aliphatic carbocycles. The van der Waals surface area contributed by atoms with Crippen LogP contribution in [0.25, 0.3) is 0 Å². The van der Waals surface area contributed by atoms with Gasteiger partial charge >= 0.3 is 0 Å². The molecule has 20 heavy (non-hydrogen) atoms. The predicted molar refractivity (Wildman–Crippen MR) is 77.7 cm³/mol. The number of hydrogen-bond acceptors (Lipinski definition) is 4. The minimum atomic E-state index is 0.192. The molecule has 2 aliphatic rings. The van der Waals surface area contributed by atoms with E-state index in [-0.39, 0.29) is 12.6 Å². The van der Waals surface area contributed by atoms with Gasteiger partial charge in [0, 0.05) is 24.9 Å². The minimum absolute atomic E-state index is 0.192. The Morgan fingerprint density at radius 1 is 1.20 bits per heavy atom. The molecule has 1 fully saturated rings. The van der Waals surface area contributed by atoms with Crippen LogP contribution in [0.2, 0.25) is 0 Å². The van der Waals surface area contributed by atoms with Crippen LogP contribution in [0.4, 0.5) is 0 Å².